The van der Waals surface area contributed by atoms with E-state index in [1.807, 2.05) is 19.4 Å². The van der Waals surface area contributed by atoms with E-state index in [4.69, 9.17) is 0 Å². The van der Waals surface area contributed by atoms with Crippen LogP contribution in [0, 0.1) is 0 Å². The number of H-pyrrole nitrogens is 1. The molecular weight excluding hydrogens is 136 g/mol. The van der Waals surface area contributed by atoms with Crippen LogP contribution in [0.25, 0.3) is 12.3 Å². The van der Waals surface area contributed by atoms with Gasteiger partial charge < -0.3 is 10.3 Å². The Morgan fingerprint density at radius 2 is 2.45 bits per heavy atom. The largest absolute Gasteiger partial charge is 0.393 e. The van der Waals surface area contributed by atoms with Crippen molar-refractivity contribution >= 4 is 12.3 Å². The van der Waals surface area contributed by atoms with Crippen molar-refractivity contribution < 1.29 is 0 Å². The summed E-state index contributed by atoms with van der Waals surface area (Å²) in [6.45, 7) is 2.13. The van der Waals surface area contributed by atoms with Gasteiger partial charge in [-0.3, -0.25) is 0 Å². The lowest BCUT2D eigenvalue weighted by Gasteiger charge is -1.82. The summed E-state index contributed by atoms with van der Waals surface area (Å²) in [5, 5.41) is 5.42. The lowest BCUT2D eigenvalue weighted by molar-refractivity contribution is 1.16. The quantitative estimate of drug-likeness (QED) is 0.617. The Morgan fingerprint density at radius 3 is 3.09 bits per heavy atom. The van der Waals surface area contributed by atoms with Gasteiger partial charge in [-0.15, -0.1) is 0 Å². The fourth-order valence-corrected chi connectivity index (χ4v) is 1.06. The summed E-state index contributed by atoms with van der Waals surface area (Å²) in [6.07, 6.45) is 7.16. The molecule has 0 saturated carbocycles. The second-order valence-corrected chi connectivity index (χ2v) is 2.39. The van der Waals surface area contributed by atoms with Crippen LogP contribution in [0.15, 0.2) is 12.3 Å². The molecule has 11 heavy (non-hydrogen) atoms. The molecule has 1 heterocycles. The van der Waals surface area contributed by atoms with E-state index in [9.17, 15) is 0 Å². The Kier molecular flexibility index (Phi) is 2.78. The first-order valence-corrected chi connectivity index (χ1v) is 3.89. The van der Waals surface area contributed by atoms with Crippen LogP contribution in [0.5, 0.6) is 0 Å². The summed E-state index contributed by atoms with van der Waals surface area (Å²) >= 11 is 0. The molecular formula is C9H14N2. The van der Waals surface area contributed by atoms with Gasteiger partial charge >= 0.3 is 0 Å². The number of aromatic nitrogens is 1. The number of aromatic amines is 1. The second kappa shape index (κ2) is 3.86. The van der Waals surface area contributed by atoms with Crippen molar-refractivity contribution in [2.24, 2.45) is 0 Å². The maximum atomic E-state index is 3.16. The van der Waals surface area contributed by atoms with E-state index >= 15 is 0 Å². The first-order valence-electron chi connectivity index (χ1n) is 3.89. The molecule has 0 aliphatic heterocycles. The summed E-state index contributed by atoms with van der Waals surface area (Å²) < 4.78 is 0. The third kappa shape index (κ3) is 1.87. The highest BCUT2D eigenvalue weighted by Gasteiger charge is 1.82. The van der Waals surface area contributed by atoms with Crippen LogP contribution in [0.3, 0.4) is 0 Å². The Hall–Kier alpha value is -1.18. The van der Waals surface area contributed by atoms with Gasteiger partial charge in [0.05, 0.1) is 0 Å². The molecule has 0 bridgehead atoms. The minimum absolute atomic E-state index is 1.06. The van der Waals surface area contributed by atoms with Crippen LogP contribution in [0.4, 0.5) is 0 Å². The van der Waals surface area contributed by atoms with Gasteiger partial charge in [-0.2, -0.15) is 0 Å². The molecule has 0 fully saturated rings. The van der Waals surface area contributed by atoms with Crippen LogP contribution in [0.1, 0.15) is 13.3 Å². The zero-order valence-corrected chi connectivity index (χ0v) is 7.02. The van der Waals surface area contributed by atoms with Crippen LogP contribution >= 0.6 is 0 Å². The molecule has 1 aromatic rings. The third-order valence-electron chi connectivity index (χ3n) is 1.52. The van der Waals surface area contributed by atoms with Gasteiger partial charge in [0, 0.05) is 30.0 Å². The highest BCUT2D eigenvalue weighted by atomic mass is 14.8. The standard InChI is InChI=1S/C9H14N2/c1-3-4-9-8(7-10-2)5-6-11-9/h4-7,10-11H,3H2,1-2H3/b8-7+,9-4-. The first kappa shape index (κ1) is 7.92. The molecule has 0 spiro atoms. The predicted molar refractivity (Wildman–Crippen MR) is 48.3 cm³/mol. The van der Waals surface area contributed by atoms with E-state index in [0.717, 1.165) is 6.42 Å². The maximum Gasteiger partial charge on any atom is 0.0427 e. The average molecular weight is 150 g/mol. The van der Waals surface area contributed by atoms with E-state index in [-0.39, 0.29) is 0 Å². The molecule has 1 rings (SSSR count). The van der Waals surface area contributed by atoms with Crippen LogP contribution in [-0.2, 0) is 0 Å². The number of nitrogens with one attached hydrogen (secondary N) is 2. The Balaban J connectivity index is 3.16. The van der Waals surface area contributed by atoms with E-state index in [0.29, 0.717) is 0 Å². The molecule has 1 aromatic heterocycles. The van der Waals surface area contributed by atoms with Gasteiger partial charge in [0.25, 0.3) is 0 Å². The molecule has 0 aliphatic rings. The average Bonchev–Trinajstić information content (AvgIpc) is 2.39. The minimum atomic E-state index is 1.06. The van der Waals surface area contributed by atoms with Gasteiger partial charge in [0.2, 0.25) is 0 Å². The van der Waals surface area contributed by atoms with Gasteiger partial charge in [0.1, 0.15) is 0 Å². The van der Waals surface area contributed by atoms with E-state index < -0.39 is 0 Å². The topological polar surface area (TPSA) is 27.8 Å². The van der Waals surface area contributed by atoms with Crippen molar-refractivity contribution in [3.63, 3.8) is 0 Å². The molecule has 60 valence electrons. The summed E-state index contributed by atoms with van der Waals surface area (Å²) in [5.41, 5.74) is 0. The highest BCUT2D eigenvalue weighted by molar-refractivity contribution is 5.26. The molecule has 0 unspecified atom stereocenters. The Labute approximate surface area is 66.6 Å². The molecule has 0 atom stereocenters. The first-order chi connectivity index (χ1) is 5.38. The fourth-order valence-electron chi connectivity index (χ4n) is 1.06. The van der Waals surface area contributed by atoms with Crippen LogP contribution in [0.2, 0.25) is 0 Å². The van der Waals surface area contributed by atoms with Gasteiger partial charge in [0.15, 0.2) is 0 Å². The van der Waals surface area contributed by atoms with Crippen LogP contribution < -0.4 is 15.9 Å². The number of hydrogen-bond acceptors (Lipinski definition) is 1. The summed E-state index contributed by atoms with van der Waals surface area (Å²) in [7, 11) is 1.91. The minimum Gasteiger partial charge on any atom is -0.393 e. The van der Waals surface area contributed by atoms with Gasteiger partial charge in [-0.1, -0.05) is 13.0 Å². The van der Waals surface area contributed by atoms with Crippen molar-refractivity contribution in [3.8, 4) is 0 Å². The molecule has 2 nitrogen and oxygen atoms in total. The molecule has 2 heteroatoms. The monoisotopic (exact) mass is 150 g/mol. The molecule has 0 saturated heterocycles. The number of hydrogen-bond donors (Lipinski definition) is 2. The van der Waals surface area contributed by atoms with Crippen molar-refractivity contribution in [3.05, 3.63) is 22.8 Å². The van der Waals surface area contributed by atoms with Crippen molar-refractivity contribution in [2.75, 3.05) is 7.05 Å². The third-order valence-corrected chi connectivity index (χ3v) is 1.52. The SMILES string of the molecule is CC/C=c1\[nH]cc\c1=C/NC. The Bertz CT molecular complexity index is 278. The zero-order valence-electron chi connectivity index (χ0n) is 7.02. The molecule has 0 aromatic carbocycles. The normalized spacial score (nSPS) is 14.0. The molecule has 0 aliphatic carbocycles. The molecule has 0 amide bonds. The lowest BCUT2D eigenvalue weighted by Crippen LogP contribution is -2.24. The van der Waals surface area contributed by atoms with Crippen molar-refractivity contribution in [1.29, 1.82) is 0 Å². The second-order valence-electron chi connectivity index (χ2n) is 2.39. The summed E-state index contributed by atoms with van der Waals surface area (Å²) in [4.78, 5) is 3.16. The fraction of sp³-hybridized carbons (Fsp3) is 0.333. The van der Waals surface area contributed by atoms with Gasteiger partial charge in [-0.25, -0.2) is 0 Å². The van der Waals surface area contributed by atoms with Crippen molar-refractivity contribution in [1.82, 2.24) is 10.3 Å². The lowest BCUT2D eigenvalue weighted by atomic mass is 10.3. The Morgan fingerprint density at radius 1 is 1.64 bits per heavy atom. The van der Waals surface area contributed by atoms with E-state index in [2.05, 4.69) is 29.4 Å². The maximum absolute atomic E-state index is 3.16. The van der Waals surface area contributed by atoms with E-state index in [1.165, 1.54) is 10.6 Å². The molecule has 0 radical (unpaired) electrons. The predicted octanol–water partition coefficient (Wildman–Crippen LogP) is 0.163. The van der Waals surface area contributed by atoms with Crippen molar-refractivity contribution in [2.45, 2.75) is 13.3 Å². The highest BCUT2D eigenvalue weighted by Crippen LogP contribution is 1.72. The summed E-state index contributed by atoms with van der Waals surface area (Å²) in [6, 6.07) is 2.05. The van der Waals surface area contributed by atoms with Gasteiger partial charge in [-0.05, 0) is 12.5 Å². The van der Waals surface area contributed by atoms with E-state index in [1.54, 1.807) is 0 Å². The smallest absolute Gasteiger partial charge is 0.0427 e. The van der Waals surface area contributed by atoms with Crippen LogP contribution in [-0.4, -0.2) is 12.0 Å². The summed E-state index contributed by atoms with van der Waals surface area (Å²) in [5.74, 6) is 0. The number of rotatable bonds is 2. The zero-order chi connectivity index (χ0) is 8.10. The molecule has 2 N–H and O–H groups in total.